The number of rotatable bonds is 7. The fourth-order valence-electron chi connectivity index (χ4n) is 1.27. The van der Waals surface area contributed by atoms with Gasteiger partial charge in [0, 0.05) is 0 Å². The van der Waals surface area contributed by atoms with Gasteiger partial charge in [-0.15, -0.1) is 0 Å². The number of hydrogen-bond acceptors (Lipinski definition) is 3. The molecule has 84 valence electrons. The van der Waals surface area contributed by atoms with E-state index in [0.717, 1.165) is 19.4 Å². The number of esters is 1. The number of hydrogen-bond donors (Lipinski definition) is 1. The largest absolute Gasteiger partial charge is 0.465 e. The molecule has 14 heavy (non-hydrogen) atoms. The molecule has 0 rings (SSSR count). The Morgan fingerprint density at radius 3 is 2.29 bits per heavy atom. The lowest BCUT2D eigenvalue weighted by Crippen LogP contribution is -2.38. The highest BCUT2D eigenvalue weighted by molar-refractivity contribution is 5.75. The second kappa shape index (κ2) is 7.80. The van der Waals surface area contributed by atoms with E-state index in [9.17, 15) is 4.79 Å². The van der Waals surface area contributed by atoms with Crippen molar-refractivity contribution in [2.24, 2.45) is 5.92 Å². The summed E-state index contributed by atoms with van der Waals surface area (Å²) in [5, 5.41) is 3.19. The van der Waals surface area contributed by atoms with E-state index in [1.165, 1.54) is 0 Å². The minimum Gasteiger partial charge on any atom is -0.465 e. The van der Waals surface area contributed by atoms with Crippen LogP contribution in [0.3, 0.4) is 0 Å². The molecule has 0 aromatic carbocycles. The van der Waals surface area contributed by atoms with Crippen LogP contribution in [-0.2, 0) is 9.53 Å². The molecule has 0 radical (unpaired) electrons. The Labute approximate surface area is 87.2 Å². The predicted molar refractivity (Wildman–Crippen MR) is 58.2 cm³/mol. The van der Waals surface area contributed by atoms with Gasteiger partial charge in [0.15, 0.2) is 0 Å². The standard InChI is InChI=1S/C11H23NO2/c1-5-10(6-2)8-12-9(4)11(13)14-7-3/h9-10,12H,5-8H2,1-4H3. The van der Waals surface area contributed by atoms with Crippen LogP contribution in [-0.4, -0.2) is 25.2 Å². The fraction of sp³-hybridized carbons (Fsp3) is 0.909. The van der Waals surface area contributed by atoms with Crippen molar-refractivity contribution in [3.8, 4) is 0 Å². The number of nitrogens with one attached hydrogen (secondary N) is 1. The molecule has 1 N–H and O–H groups in total. The summed E-state index contributed by atoms with van der Waals surface area (Å²) in [6.45, 7) is 9.37. The first kappa shape index (κ1) is 13.4. The maximum Gasteiger partial charge on any atom is 0.322 e. The molecular formula is C11H23NO2. The molecule has 0 heterocycles. The maximum absolute atomic E-state index is 11.2. The van der Waals surface area contributed by atoms with Gasteiger partial charge < -0.3 is 10.1 Å². The smallest absolute Gasteiger partial charge is 0.322 e. The summed E-state index contributed by atoms with van der Waals surface area (Å²) in [5.41, 5.74) is 0. The summed E-state index contributed by atoms with van der Waals surface area (Å²) in [6, 6.07) is -0.185. The molecule has 1 unspecified atom stereocenters. The summed E-state index contributed by atoms with van der Waals surface area (Å²) < 4.78 is 4.90. The van der Waals surface area contributed by atoms with Crippen LogP contribution in [0.1, 0.15) is 40.5 Å². The van der Waals surface area contributed by atoms with Gasteiger partial charge in [0.1, 0.15) is 6.04 Å². The summed E-state index contributed by atoms with van der Waals surface area (Å²) in [4.78, 5) is 11.2. The van der Waals surface area contributed by atoms with E-state index in [4.69, 9.17) is 4.74 Å². The molecule has 0 fully saturated rings. The Morgan fingerprint density at radius 1 is 1.29 bits per heavy atom. The Morgan fingerprint density at radius 2 is 1.86 bits per heavy atom. The Bertz CT molecular complexity index is 155. The fourth-order valence-corrected chi connectivity index (χ4v) is 1.27. The molecule has 0 amide bonds. The van der Waals surface area contributed by atoms with Crippen molar-refractivity contribution in [1.29, 1.82) is 0 Å². The van der Waals surface area contributed by atoms with Crippen LogP contribution >= 0.6 is 0 Å². The van der Waals surface area contributed by atoms with Gasteiger partial charge in [-0.05, 0) is 26.3 Å². The van der Waals surface area contributed by atoms with Crippen LogP contribution in [0, 0.1) is 5.92 Å². The van der Waals surface area contributed by atoms with Gasteiger partial charge in [0.25, 0.3) is 0 Å². The van der Waals surface area contributed by atoms with Crippen molar-refractivity contribution >= 4 is 5.97 Å². The molecule has 0 saturated carbocycles. The van der Waals surface area contributed by atoms with Gasteiger partial charge in [-0.25, -0.2) is 0 Å². The molecule has 0 aromatic heterocycles. The molecule has 3 heteroatoms. The van der Waals surface area contributed by atoms with Crippen molar-refractivity contribution in [3.63, 3.8) is 0 Å². The Balaban J connectivity index is 3.71. The highest BCUT2D eigenvalue weighted by Crippen LogP contribution is 2.05. The minimum absolute atomic E-state index is 0.154. The lowest BCUT2D eigenvalue weighted by molar-refractivity contribution is -0.145. The zero-order valence-electron chi connectivity index (χ0n) is 9.80. The van der Waals surface area contributed by atoms with Crippen LogP contribution in [0.5, 0.6) is 0 Å². The Hall–Kier alpha value is -0.570. The van der Waals surface area contributed by atoms with Crippen molar-refractivity contribution in [1.82, 2.24) is 5.32 Å². The molecular weight excluding hydrogens is 178 g/mol. The van der Waals surface area contributed by atoms with Crippen LogP contribution in [0.2, 0.25) is 0 Å². The average Bonchev–Trinajstić information content (AvgIpc) is 2.19. The van der Waals surface area contributed by atoms with Crippen LogP contribution < -0.4 is 5.32 Å². The highest BCUT2D eigenvalue weighted by Gasteiger charge is 2.14. The molecule has 0 aliphatic rings. The SMILES string of the molecule is CCOC(=O)C(C)NCC(CC)CC. The zero-order valence-corrected chi connectivity index (χ0v) is 9.80. The summed E-state index contributed by atoms with van der Waals surface area (Å²) >= 11 is 0. The second-order valence-corrected chi connectivity index (χ2v) is 3.56. The summed E-state index contributed by atoms with van der Waals surface area (Å²) in [5.74, 6) is 0.505. The van der Waals surface area contributed by atoms with Crippen LogP contribution in [0.4, 0.5) is 0 Å². The third-order valence-electron chi connectivity index (χ3n) is 2.51. The normalized spacial score (nSPS) is 12.9. The Kier molecular flexibility index (Phi) is 7.48. The molecule has 1 atom stereocenters. The van der Waals surface area contributed by atoms with Gasteiger partial charge in [-0.2, -0.15) is 0 Å². The van der Waals surface area contributed by atoms with E-state index in [-0.39, 0.29) is 12.0 Å². The van der Waals surface area contributed by atoms with Gasteiger partial charge in [-0.3, -0.25) is 4.79 Å². The number of carbonyl (C=O) groups is 1. The predicted octanol–water partition coefficient (Wildman–Crippen LogP) is 1.96. The van der Waals surface area contributed by atoms with E-state index in [1.807, 2.05) is 13.8 Å². The van der Waals surface area contributed by atoms with E-state index in [1.54, 1.807) is 0 Å². The van der Waals surface area contributed by atoms with Crippen molar-refractivity contribution in [3.05, 3.63) is 0 Å². The van der Waals surface area contributed by atoms with E-state index < -0.39 is 0 Å². The van der Waals surface area contributed by atoms with Gasteiger partial charge >= 0.3 is 5.97 Å². The number of ether oxygens (including phenoxy) is 1. The first-order valence-electron chi connectivity index (χ1n) is 5.55. The van der Waals surface area contributed by atoms with Crippen LogP contribution in [0.15, 0.2) is 0 Å². The lowest BCUT2D eigenvalue weighted by Gasteiger charge is -2.17. The van der Waals surface area contributed by atoms with E-state index in [2.05, 4.69) is 19.2 Å². The van der Waals surface area contributed by atoms with E-state index >= 15 is 0 Å². The van der Waals surface area contributed by atoms with Crippen molar-refractivity contribution in [2.45, 2.75) is 46.6 Å². The first-order chi connectivity index (χ1) is 6.65. The van der Waals surface area contributed by atoms with Crippen LogP contribution in [0.25, 0.3) is 0 Å². The zero-order chi connectivity index (χ0) is 11.0. The topological polar surface area (TPSA) is 38.3 Å². The number of carbonyl (C=O) groups excluding carboxylic acids is 1. The summed E-state index contributed by atoms with van der Waals surface area (Å²) in [7, 11) is 0. The summed E-state index contributed by atoms with van der Waals surface area (Å²) in [6.07, 6.45) is 2.30. The molecule has 0 aliphatic heterocycles. The third-order valence-corrected chi connectivity index (χ3v) is 2.51. The van der Waals surface area contributed by atoms with Crippen molar-refractivity contribution in [2.75, 3.05) is 13.2 Å². The molecule has 0 spiro atoms. The highest BCUT2D eigenvalue weighted by atomic mass is 16.5. The molecule has 0 saturated heterocycles. The molecule has 0 aliphatic carbocycles. The maximum atomic E-state index is 11.2. The lowest BCUT2D eigenvalue weighted by atomic mass is 10.0. The second-order valence-electron chi connectivity index (χ2n) is 3.56. The molecule has 0 aromatic rings. The van der Waals surface area contributed by atoms with Gasteiger partial charge in [-0.1, -0.05) is 26.7 Å². The molecule has 3 nitrogen and oxygen atoms in total. The average molecular weight is 201 g/mol. The van der Waals surface area contributed by atoms with E-state index in [0.29, 0.717) is 12.5 Å². The molecule has 0 bridgehead atoms. The van der Waals surface area contributed by atoms with Gasteiger partial charge in [0.2, 0.25) is 0 Å². The minimum atomic E-state index is -0.185. The van der Waals surface area contributed by atoms with Crippen molar-refractivity contribution < 1.29 is 9.53 Å². The van der Waals surface area contributed by atoms with Gasteiger partial charge in [0.05, 0.1) is 6.61 Å². The monoisotopic (exact) mass is 201 g/mol. The first-order valence-corrected chi connectivity index (χ1v) is 5.55. The third kappa shape index (κ3) is 5.22. The quantitative estimate of drug-likeness (QED) is 0.640.